The highest BCUT2D eigenvalue weighted by Crippen LogP contribution is 2.18. The Morgan fingerprint density at radius 1 is 0.833 bits per heavy atom. The zero-order chi connectivity index (χ0) is 17.2. The molecule has 0 unspecified atom stereocenters. The van der Waals surface area contributed by atoms with Crippen LogP contribution in [-0.4, -0.2) is 13.2 Å². The quantitative estimate of drug-likeness (QED) is 0.412. The first-order chi connectivity index (χ1) is 11.7. The Morgan fingerprint density at radius 2 is 1.38 bits per heavy atom. The van der Waals surface area contributed by atoms with Gasteiger partial charge in [0.15, 0.2) is 0 Å². The Kier molecular flexibility index (Phi) is 7.27. The molecule has 0 aromatic heterocycles. The van der Waals surface area contributed by atoms with E-state index in [-0.39, 0.29) is 5.75 Å². The van der Waals surface area contributed by atoms with E-state index in [0.717, 1.165) is 29.9 Å². The number of ether oxygens (including phenoxy) is 2. The minimum Gasteiger partial charge on any atom is -0.494 e. The normalized spacial score (nSPS) is 11.2. The highest BCUT2D eigenvalue weighted by atomic mass is 19.3. The van der Waals surface area contributed by atoms with Gasteiger partial charge in [0.25, 0.3) is 0 Å². The van der Waals surface area contributed by atoms with Crippen LogP contribution >= 0.6 is 0 Å². The number of rotatable bonds is 9. The van der Waals surface area contributed by atoms with E-state index in [1.165, 1.54) is 25.0 Å². The van der Waals surface area contributed by atoms with Gasteiger partial charge in [-0.3, -0.25) is 0 Å². The van der Waals surface area contributed by atoms with E-state index in [0.29, 0.717) is 0 Å². The monoisotopic (exact) mass is 332 g/mol. The number of hydrogen-bond donors (Lipinski definition) is 0. The third kappa shape index (κ3) is 6.41. The SMILES string of the molecule is CCCCCOc1ccc(C=Cc2ccc(OC(F)F)cc2)cc1. The summed E-state index contributed by atoms with van der Waals surface area (Å²) in [6.45, 7) is 0.116. The van der Waals surface area contributed by atoms with Crippen LogP contribution in [0.3, 0.4) is 0 Å². The van der Waals surface area contributed by atoms with Gasteiger partial charge in [-0.05, 0) is 41.8 Å². The summed E-state index contributed by atoms with van der Waals surface area (Å²) < 4.78 is 34.2. The van der Waals surface area contributed by atoms with Gasteiger partial charge in [0, 0.05) is 0 Å². The molecule has 0 radical (unpaired) electrons. The molecule has 24 heavy (non-hydrogen) atoms. The standard InChI is InChI=1S/C20H22F2O2/c1-2-3-4-15-23-18-11-7-16(8-12-18)5-6-17-9-13-19(14-10-17)24-20(21)22/h5-14,20H,2-4,15H2,1H3. The molecule has 2 aromatic carbocycles. The Balaban J connectivity index is 1.87. The summed E-state index contributed by atoms with van der Waals surface area (Å²) in [5.41, 5.74) is 1.96. The third-order valence-corrected chi connectivity index (χ3v) is 3.47. The van der Waals surface area contributed by atoms with Crippen molar-refractivity contribution in [3.63, 3.8) is 0 Å². The maximum atomic E-state index is 12.1. The molecular weight excluding hydrogens is 310 g/mol. The van der Waals surface area contributed by atoms with Crippen molar-refractivity contribution in [3.8, 4) is 11.5 Å². The topological polar surface area (TPSA) is 18.5 Å². The van der Waals surface area contributed by atoms with E-state index in [1.54, 1.807) is 12.1 Å². The Hall–Kier alpha value is -2.36. The second kappa shape index (κ2) is 9.71. The largest absolute Gasteiger partial charge is 0.494 e. The third-order valence-electron chi connectivity index (χ3n) is 3.47. The number of benzene rings is 2. The molecule has 128 valence electrons. The van der Waals surface area contributed by atoms with Crippen molar-refractivity contribution in [2.24, 2.45) is 0 Å². The van der Waals surface area contributed by atoms with Crippen molar-refractivity contribution in [2.75, 3.05) is 6.61 Å². The van der Waals surface area contributed by atoms with Gasteiger partial charge in [-0.15, -0.1) is 0 Å². The molecule has 0 bridgehead atoms. The van der Waals surface area contributed by atoms with E-state index in [9.17, 15) is 8.78 Å². The van der Waals surface area contributed by atoms with E-state index in [1.807, 2.05) is 36.4 Å². The molecule has 0 amide bonds. The van der Waals surface area contributed by atoms with Crippen LogP contribution in [0.5, 0.6) is 11.5 Å². The van der Waals surface area contributed by atoms with Crippen molar-refractivity contribution >= 4 is 12.2 Å². The summed E-state index contributed by atoms with van der Waals surface area (Å²) in [6.07, 6.45) is 7.32. The van der Waals surface area contributed by atoms with Crippen LogP contribution in [0.1, 0.15) is 37.3 Å². The second-order valence-electron chi connectivity index (χ2n) is 5.41. The van der Waals surface area contributed by atoms with E-state index < -0.39 is 6.61 Å². The van der Waals surface area contributed by atoms with Crippen molar-refractivity contribution < 1.29 is 18.3 Å². The van der Waals surface area contributed by atoms with Crippen LogP contribution in [0.4, 0.5) is 8.78 Å². The molecular formula is C20H22F2O2. The zero-order valence-corrected chi connectivity index (χ0v) is 13.8. The predicted octanol–water partition coefficient (Wildman–Crippen LogP) is 6.03. The Morgan fingerprint density at radius 3 is 1.88 bits per heavy atom. The van der Waals surface area contributed by atoms with E-state index >= 15 is 0 Å². The molecule has 0 aliphatic heterocycles. The molecule has 0 atom stereocenters. The highest BCUT2D eigenvalue weighted by Gasteiger charge is 2.02. The van der Waals surface area contributed by atoms with Gasteiger partial charge < -0.3 is 9.47 Å². The number of halogens is 2. The summed E-state index contributed by atoms with van der Waals surface area (Å²) in [5, 5.41) is 0. The van der Waals surface area contributed by atoms with Crippen LogP contribution in [0.15, 0.2) is 48.5 Å². The van der Waals surface area contributed by atoms with Crippen LogP contribution in [0, 0.1) is 0 Å². The molecule has 2 nitrogen and oxygen atoms in total. The molecule has 0 saturated heterocycles. The van der Waals surface area contributed by atoms with E-state index in [2.05, 4.69) is 11.7 Å². The lowest BCUT2D eigenvalue weighted by Crippen LogP contribution is -2.01. The fraction of sp³-hybridized carbons (Fsp3) is 0.300. The summed E-state index contributed by atoms with van der Waals surface area (Å²) in [4.78, 5) is 0. The fourth-order valence-electron chi connectivity index (χ4n) is 2.17. The first-order valence-corrected chi connectivity index (χ1v) is 8.13. The average Bonchev–Trinajstić information content (AvgIpc) is 2.59. The van der Waals surface area contributed by atoms with Crippen molar-refractivity contribution in [3.05, 3.63) is 59.7 Å². The molecule has 4 heteroatoms. The van der Waals surface area contributed by atoms with Gasteiger partial charge >= 0.3 is 6.61 Å². The van der Waals surface area contributed by atoms with Crippen LogP contribution in [0.2, 0.25) is 0 Å². The second-order valence-corrected chi connectivity index (χ2v) is 5.41. The lowest BCUT2D eigenvalue weighted by Gasteiger charge is -2.05. The van der Waals surface area contributed by atoms with Crippen molar-refractivity contribution in [1.29, 1.82) is 0 Å². The van der Waals surface area contributed by atoms with Gasteiger partial charge in [0.2, 0.25) is 0 Å². The molecule has 0 spiro atoms. The summed E-state index contributed by atoms with van der Waals surface area (Å²) >= 11 is 0. The van der Waals surface area contributed by atoms with Crippen LogP contribution in [-0.2, 0) is 0 Å². The molecule has 0 aliphatic carbocycles. The smallest absolute Gasteiger partial charge is 0.387 e. The van der Waals surface area contributed by atoms with Crippen LogP contribution < -0.4 is 9.47 Å². The number of hydrogen-bond acceptors (Lipinski definition) is 2. The summed E-state index contributed by atoms with van der Waals surface area (Å²) in [5.74, 6) is 1.03. The summed E-state index contributed by atoms with van der Waals surface area (Å²) in [6, 6.07) is 14.4. The lowest BCUT2D eigenvalue weighted by molar-refractivity contribution is -0.0498. The van der Waals surface area contributed by atoms with Gasteiger partial charge in [-0.25, -0.2) is 0 Å². The molecule has 2 aromatic rings. The fourth-order valence-corrected chi connectivity index (χ4v) is 2.17. The molecule has 0 heterocycles. The van der Waals surface area contributed by atoms with E-state index in [4.69, 9.17) is 4.74 Å². The molecule has 0 N–H and O–H groups in total. The van der Waals surface area contributed by atoms with Gasteiger partial charge in [-0.2, -0.15) is 8.78 Å². The minimum atomic E-state index is -2.80. The first kappa shape index (κ1) is 18.0. The Labute approximate surface area is 141 Å². The van der Waals surface area contributed by atoms with Crippen molar-refractivity contribution in [2.45, 2.75) is 32.8 Å². The number of alkyl halides is 2. The maximum absolute atomic E-state index is 12.1. The van der Waals surface area contributed by atoms with Gasteiger partial charge in [0.05, 0.1) is 6.61 Å². The molecule has 0 fully saturated rings. The van der Waals surface area contributed by atoms with Crippen LogP contribution in [0.25, 0.3) is 12.2 Å². The minimum absolute atomic E-state index is 0.159. The highest BCUT2D eigenvalue weighted by molar-refractivity contribution is 5.70. The van der Waals surface area contributed by atoms with Crippen molar-refractivity contribution in [1.82, 2.24) is 0 Å². The first-order valence-electron chi connectivity index (χ1n) is 8.13. The number of unbranched alkanes of at least 4 members (excludes halogenated alkanes) is 2. The van der Waals surface area contributed by atoms with Gasteiger partial charge in [0.1, 0.15) is 11.5 Å². The average molecular weight is 332 g/mol. The molecule has 0 aliphatic rings. The van der Waals surface area contributed by atoms with Gasteiger partial charge in [-0.1, -0.05) is 56.2 Å². The zero-order valence-electron chi connectivity index (χ0n) is 13.8. The predicted molar refractivity (Wildman–Crippen MR) is 93.5 cm³/mol. The lowest BCUT2D eigenvalue weighted by atomic mass is 10.1. The summed E-state index contributed by atoms with van der Waals surface area (Å²) in [7, 11) is 0. The Bertz CT molecular complexity index is 619. The molecule has 0 saturated carbocycles. The maximum Gasteiger partial charge on any atom is 0.387 e. The molecule has 2 rings (SSSR count).